The highest BCUT2D eigenvalue weighted by atomic mass is 32.1. The number of thiazole rings is 1. The largest absolute Gasteiger partial charge is 0.325 e. The molecule has 0 radical (unpaired) electrons. The van der Waals surface area contributed by atoms with Crippen molar-refractivity contribution in [2.75, 3.05) is 5.32 Å². The first kappa shape index (κ1) is 16.2. The number of nitrogens with two attached hydrogens (primary N) is 1. The molecule has 1 aromatic carbocycles. The molecule has 1 amide bonds. The number of carbonyl (C=O) groups excluding carboxylic acids is 1. The van der Waals surface area contributed by atoms with Gasteiger partial charge in [-0.1, -0.05) is 6.92 Å². The molecule has 4 rings (SSSR count). The van der Waals surface area contributed by atoms with Gasteiger partial charge in [0, 0.05) is 18.2 Å². The van der Waals surface area contributed by atoms with Crippen LogP contribution in [0.25, 0.3) is 10.2 Å². The summed E-state index contributed by atoms with van der Waals surface area (Å²) in [5.41, 5.74) is 9.82. The van der Waals surface area contributed by atoms with Gasteiger partial charge in [-0.25, -0.2) is 4.98 Å². The molecule has 2 aromatic heterocycles. The number of nitrogens with zero attached hydrogens (tertiary/aromatic N) is 2. The zero-order valence-electron chi connectivity index (χ0n) is 14.1. The molecule has 3 aromatic rings. The van der Waals surface area contributed by atoms with Crippen molar-refractivity contribution < 1.29 is 4.79 Å². The molecule has 1 aliphatic rings. The van der Waals surface area contributed by atoms with Crippen LogP contribution in [0.3, 0.4) is 0 Å². The molecule has 1 saturated carbocycles. The maximum absolute atomic E-state index is 12.8. The summed E-state index contributed by atoms with van der Waals surface area (Å²) in [6.45, 7) is 2.49. The van der Waals surface area contributed by atoms with E-state index in [1.54, 1.807) is 11.3 Å². The summed E-state index contributed by atoms with van der Waals surface area (Å²) in [5.74, 6) is 0.279. The van der Waals surface area contributed by atoms with Gasteiger partial charge in [0.25, 0.3) is 5.91 Å². The molecule has 1 fully saturated rings. The molecule has 128 valence electrons. The van der Waals surface area contributed by atoms with E-state index in [2.05, 4.69) is 22.2 Å². The van der Waals surface area contributed by atoms with Gasteiger partial charge in [-0.2, -0.15) is 0 Å². The van der Waals surface area contributed by atoms with Gasteiger partial charge < -0.3 is 11.1 Å². The number of hydrogen-bond acceptors (Lipinski definition) is 5. The summed E-state index contributed by atoms with van der Waals surface area (Å²) in [5, 5.41) is 4.11. The normalized spacial score (nSPS) is 14.0. The van der Waals surface area contributed by atoms with E-state index in [1.165, 1.54) is 0 Å². The Labute approximate surface area is 150 Å². The number of benzene rings is 1. The van der Waals surface area contributed by atoms with Crippen LogP contribution in [0.5, 0.6) is 0 Å². The Morgan fingerprint density at radius 1 is 1.28 bits per heavy atom. The second kappa shape index (κ2) is 6.54. The number of rotatable bonds is 5. The molecular formula is C19H20N4OS. The van der Waals surface area contributed by atoms with Crippen LogP contribution in [-0.2, 0) is 13.0 Å². The van der Waals surface area contributed by atoms with Crippen molar-refractivity contribution in [1.82, 2.24) is 9.97 Å². The number of nitrogens with one attached hydrogen (secondary N) is 1. The average molecular weight is 352 g/mol. The third kappa shape index (κ3) is 3.27. The summed E-state index contributed by atoms with van der Waals surface area (Å²) >= 11 is 1.67. The van der Waals surface area contributed by atoms with Crippen LogP contribution < -0.4 is 11.1 Å². The van der Waals surface area contributed by atoms with Gasteiger partial charge >= 0.3 is 0 Å². The smallest absolute Gasteiger partial charge is 0.257 e. The molecule has 25 heavy (non-hydrogen) atoms. The SMILES string of the molecule is CCc1nc2ccc(NC(=O)c3ccc(CN)nc3C3CC3)cc2s1. The lowest BCUT2D eigenvalue weighted by Crippen LogP contribution is -2.16. The number of aromatic nitrogens is 2. The van der Waals surface area contributed by atoms with Crippen LogP contribution in [0.4, 0.5) is 5.69 Å². The van der Waals surface area contributed by atoms with E-state index in [9.17, 15) is 4.79 Å². The molecule has 0 spiro atoms. The number of fused-ring (bicyclic) bond motifs is 1. The van der Waals surface area contributed by atoms with E-state index in [1.807, 2.05) is 30.3 Å². The van der Waals surface area contributed by atoms with Crippen LogP contribution in [0.15, 0.2) is 30.3 Å². The maximum atomic E-state index is 12.8. The van der Waals surface area contributed by atoms with E-state index in [-0.39, 0.29) is 5.91 Å². The third-order valence-electron chi connectivity index (χ3n) is 4.39. The van der Waals surface area contributed by atoms with Crippen molar-refractivity contribution in [2.45, 2.75) is 38.6 Å². The minimum absolute atomic E-state index is 0.113. The lowest BCUT2D eigenvalue weighted by atomic mass is 10.1. The molecule has 0 atom stereocenters. The Bertz CT molecular complexity index is 946. The molecule has 1 aliphatic carbocycles. The predicted octanol–water partition coefficient (Wildman–Crippen LogP) is 3.84. The molecule has 2 heterocycles. The Kier molecular flexibility index (Phi) is 4.23. The van der Waals surface area contributed by atoms with Gasteiger partial charge in [-0.15, -0.1) is 11.3 Å². The highest BCUT2D eigenvalue weighted by Gasteiger charge is 2.30. The molecule has 6 heteroatoms. The topological polar surface area (TPSA) is 80.9 Å². The van der Waals surface area contributed by atoms with Crippen molar-refractivity contribution in [1.29, 1.82) is 0 Å². The number of amides is 1. The van der Waals surface area contributed by atoms with Crippen molar-refractivity contribution in [2.24, 2.45) is 5.73 Å². The first-order valence-corrected chi connectivity index (χ1v) is 9.40. The summed E-state index contributed by atoms with van der Waals surface area (Å²) in [6.07, 6.45) is 3.10. The molecule has 0 unspecified atom stereocenters. The number of anilines is 1. The molecule has 0 saturated heterocycles. The first-order chi connectivity index (χ1) is 12.2. The second-order valence-corrected chi connectivity index (χ2v) is 7.43. The van der Waals surface area contributed by atoms with Gasteiger partial charge in [0.05, 0.1) is 32.2 Å². The fourth-order valence-electron chi connectivity index (χ4n) is 2.89. The number of carbonyl (C=O) groups is 1. The van der Waals surface area contributed by atoms with E-state index >= 15 is 0 Å². The highest BCUT2D eigenvalue weighted by Crippen LogP contribution is 2.40. The summed E-state index contributed by atoms with van der Waals surface area (Å²) in [4.78, 5) is 21.9. The zero-order valence-corrected chi connectivity index (χ0v) is 14.9. The molecule has 5 nitrogen and oxygen atoms in total. The Hall–Kier alpha value is -2.31. The van der Waals surface area contributed by atoms with Gasteiger partial charge in [0.2, 0.25) is 0 Å². The Balaban J connectivity index is 1.61. The van der Waals surface area contributed by atoms with Gasteiger partial charge in [0.15, 0.2) is 0 Å². The van der Waals surface area contributed by atoms with E-state index in [4.69, 9.17) is 5.73 Å². The van der Waals surface area contributed by atoms with Gasteiger partial charge in [-0.3, -0.25) is 9.78 Å². The van der Waals surface area contributed by atoms with Crippen LogP contribution in [-0.4, -0.2) is 15.9 Å². The van der Waals surface area contributed by atoms with Crippen molar-refractivity contribution >= 4 is 33.1 Å². The standard InChI is InChI=1S/C19H20N4OS/c1-2-17-23-15-8-6-12(9-16(15)25-17)22-19(24)14-7-5-13(10-20)21-18(14)11-3-4-11/h5-9,11H,2-4,10,20H2,1H3,(H,22,24). The molecule has 3 N–H and O–H groups in total. The van der Waals surface area contributed by atoms with E-state index < -0.39 is 0 Å². The quantitative estimate of drug-likeness (QED) is 0.731. The van der Waals surface area contributed by atoms with Crippen LogP contribution in [0.1, 0.15) is 52.4 Å². The van der Waals surface area contributed by atoms with E-state index in [0.29, 0.717) is 18.0 Å². The zero-order chi connectivity index (χ0) is 17.4. The maximum Gasteiger partial charge on any atom is 0.257 e. The first-order valence-electron chi connectivity index (χ1n) is 8.58. The fourth-order valence-corrected chi connectivity index (χ4v) is 3.84. The van der Waals surface area contributed by atoms with E-state index in [0.717, 1.165) is 51.6 Å². The van der Waals surface area contributed by atoms with Crippen molar-refractivity contribution in [3.63, 3.8) is 0 Å². The van der Waals surface area contributed by atoms with Gasteiger partial charge in [0.1, 0.15) is 0 Å². The van der Waals surface area contributed by atoms with Crippen LogP contribution >= 0.6 is 11.3 Å². The monoisotopic (exact) mass is 352 g/mol. The molecule has 0 aliphatic heterocycles. The minimum atomic E-state index is -0.113. The van der Waals surface area contributed by atoms with Gasteiger partial charge in [-0.05, 0) is 49.6 Å². The summed E-state index contributed by atoms with van der Waals surface area (Å²) < 4.78 is 1.09. The predicted molar refractivity (Wildman–Crippen MR) is 101 cm³/mol. The Morgan fingerprint density at radius 3 is 2.84 bits per heavy atom. The van der Waals surface area contributed by atoms with Crippen molar-refractivity contribution in [3.8, 4) is 0 Å². The summed E-state index contributed by atoms with van der Waals surface area (Å²) in [7, 11) is 0. The summed E-state index contributed by atoms with van der Waals surface area (Å²) in [6, 6.07) is 9.53. The lowest BCUT2D eigenvalue weighted by molar-refractivity contribution is 0.102. The Morgan fingerprint density at radius 2 is 2.12 bits per heavy atom. The van der Waals surface area contributed by atoms with Crippen LogP contribution in [0, 0.1) is 0 Å². The van der Waals surface area contributed by atoms with Crippen molar-refractivity contribution in [3.05, 3.63) is 52.3 Å². The third-order valence-corrected chi connectivity index (χ3v) is 5.56. The minimum Gasteiger partial charge on any atom is -0.325 e. The average Bonchev–Trinajstić information content (AvgIpc) is 3.40. The number of hydrogen-bond donors (Lipinski definition) is 2. The highest BCUT2D eigenvalue weighted by molar-refractivity contribution is 7.18. The molecular weight excluding hydrogens is 332 g/mol. The van der Waals surface area contributed by atoms with Crippen LogP contribution in [0.2, 0.25) is 0 Å². The number of pyridine rings is 1. The fraction of sp³-hybridized carbons (Fsp3) is 0.316. The second-order valence-electron chi connectivity index (χ2n) is 6.31. The lowest BCUT2D eigenvalue weighted by Gasteiger charge is -2.10. The molecule has 0 bridgehead atoms. The number of aryl methyl sites for hydroxylation is 1.